The van der Waals surface area contributed by atoms with E-state index in [1.165, 1.54) is 0 Å². The van der Waals surface area contributed by atoms with Crippen molar-refractivity contribution in [2.24, 2.45) is 5.73 Å². The van der Waals surface area contributed by atoms with Crippen molar-refractivity contribution in [2.75, 3.05) is 24.5 Å². The third-order valence-electron chi connectivity index (χ3n) is 4.45. The van der Waals surface area contributed by atoms with Gasteiger partial charge in [0.1, 0.15) is 5.75 Å². The topological polar surface area (TPSA) is 75.9 Å². The lowest BCUT2D eigenvalue weighted by molar-refractivity contribution is -0.125. The van der Waals surface area contributed by atoms with Gasteiger partial charge in [-0.2, -0.15) is 0 Å². The van der Waals surface area contributed by atoms with E-state index in [-0.39, 0.29) is 19.0 Å². The van der Waals surface area contributed by atoms with E-state index in [4.69, 9.17) is 10.5 Å². The van der Waals surface area contributed by atoms with Crippen LogP contribution in [0.25, 0.3) is 0 Å². The number of carbonyl (C=O) groups excluding carboxylic acids is 2. The number of carbonyl (C=O) groups is 2. The molecule has 136 valence electrons. The van der Waals surface area contributed by atoms with Crippen LogP contribution in [-0.2, 0) is 16.1 Å². The Morgan fingerprint density at radius 1 is 1.15 bits per heavy atom. The SMILES string of the molecule is CCN(CC(=O)N1CC(C(N)=O)Oc2ccccc21)Cc1ccccc1. The van der Waals surface area contributed by atoms with Crippen molar-refractivity contribution < 1.29 is 14.3 Å². The van der Waals surface area contributed by atoms with E-state index < -0.39 is 12.0 Å². The summed E-state index contributed by atoms with van der Waals surface area (Å²) in [7, 11) is 0. The molecule has 0 bridgehead atoms. The van der Waals surface area contributed by atoms with Gasteiger partial charge in [-0.25, -0.2) is 0 Å². The molecule has 1 heterocycles. The predicted octanol–water partition coefficient (Wildman–Crippen LogP) is 1.79. The Morgan fingerprint density at radius 3 is 2.54 bits per heavy atom. The van der Waals surface area contributed by atoms with E-state index in [1.54, 1.807) is 17.0 Å². The van der Waals surface area contributed by atoms with Crippen LogP contribution in [0.4, 0.5) is 5.69 Å². The van der Waals surface area contributed by atoms with Gasteiger partial charge in [0, 0.05) is 6.54 Å². The van der Waals surface area contributed by atoms with E-state index in [0.29, 0.717) is 18.0 Å². The van der Waals surface area contributed by atoms with Crippen molar-refractivity contribution in [1.82, 2.24) is 4.90 Å². The van der Waals surface area contributed by atoms with Crippen molar-refractivity contribution in [3.05, 3.63) is 60.2 Å². The zero-order valence-electron chi connectivity index (χ0n) is 14.8. The molecule has 2 aromatic rings. The summed E-state index contributed by atoms with van der Waals surface area (Å²) < 4.78 is 5.62. The molecule has 1 unspecified atom stereocenters. The number of nitrogens with two attached hydrogens (primary N) is 1. The maximum absolute atomic E-state index is 13.0. The summed E-state index contributed by atoms with van der Waals surface area (Å²) in [5, 5.41) is 0. The molecular formula is C20H23N3O3. The van der Waals surface area contributed by atoms with Crippen LogP contribution in [-0.4, -0.2) is 42.5 Å². The third kappa shape index (κ3) is 4.03. The number of primary amides is 1. The number of benzene rings is 2. The van der Waals surface area contributed by atoms with Crippen molar-refractivity contribution in [3.8, 4) is 5.75 Å². The first kappa shape index (κ1) is 17.9. The molecule has 0 radical (unpaired) electrons. The Kier molecular flexibility index (Phi) is 5.53. The van der Waals surface area contributed by atoms with Crippen LogP contribution >= 0.6 is 0 Å². The summed E-state index contributed by atoms with van der Waals surface area (Å²) in [4.78, 5) is 28.2. The van der Waals surface area contributed by atoms with Crippen LogP contribution in [0.15, 0.2) is 54.6 Å². The fourth-order valence-corrected chi connectivity index (χ4v) is 3.02. The maximum Gasteiger partial charge on any atom is 0.260 e. The van der Waals surface area contributed by atoms with Gasteiger partial charge in [-0.05, 0) is 24.2 Å². The zero-order valence-corrected chi connectivity index (χ0v) is 14.8. The molecule has 2 aromatic carbocycles. The Labute approximate surface area is 153 Å². The highest BCUT2D eigenvalue weighted by Crippen LogP contribution is 2.33. The first-order chi connectivity index (χ1) is 12.6. The smallest absolute Gasteiger partial charge is 0.260 e. The second kappa shape index (κ2) is 8.01. The highest BCUT2D eigenvalue weighted by atomic mass is 16.5. The van der Waals surface area contributed by atoms with E-state index >= 15 is 0 Å². The molecule has 1 aliphatic rings. The van der Waals surface area contributed by atoms with Crippen LogP contribution in [0.2, 0.25) is 0 Å². The number of nitrogens with zero attached hydrogens (tertiary/aromatic N) is 2. The fourth-order valence-electron chi connectivity index (χ4n) is 3.02. The standard InChI is InChI=1S/C20H23N3O3/c1-2-22(12-15-8-4-3-5-9-15)14-19(24)23-13-18(20(21)25)26-17-11-7-6-10-16(17)23/h3-11,18H,2,12-14H2,1H3,(H2,21,25). The zero-order chi connectivity index (χ0) is 18.5. The van der Waals surface area contributed by atoms with Gasteiger partial charge in [-0.3, -0.25) is 14.5 Å². The Balaban J connectivity index is 1.76. The average molecular weight is 353 g/mol. The van der Waals surface area contributed by atoms with Crippen LogP contribution in [0.5, 0.6) is 5.75 Å². The molecule has 6 nitrogen and oxygen atoms in total. The van der Waals surface area contributed by atoms with Gasteiger partial charge in [0.15, 0.2) is 6.10 Å². The lowest BCUT2D eigenvalue weighted by Crippen LogP contribution is -2.51. The number of hydrogen-bond donors (Lipinski definition) is 1. The van der Waals surface area contributed by atoms with E-state index in [0.717, 1.165) is 12.1 Å². The highest BCUT2D eigenvalue weighted by molar-refractivity contribution is 5.98. The second-order valence-corrected chi connectivity index (χ2v) is 6.27. The molecule has 2 amide bonds. The van der Waals surface area contributed by atoms with Crippen molar-refractivity contribution in [1.29, 1.82) is 0 Å². The largest absolute Gasteiger partial charge is 0.477 e. The molecule has 6 heteroatoms. The van der Waals surface area contributed by atoms with Crippen molar-refractivity contribution in [3.63, 3.8) is 0 Å². The van der Waals surface area contributed by atoms with Crippen LogP contribution in [0.3, 0.4) is 0 Å². The molecular weight excluding hydrogens is 330 g/mol. The van der Waals surface area contributed by atoms with Gasteiger partial charge in [0.25, 0.3) is 5.91 Å². The van der Waals surface area contributed by atoms with E-state index in [1.807, 2.05) is 49.4 Å². The fraction of sp³-hybridized carbons (Fsp3) is 0.300. The molecule has 0 fully saturated rings. The summed E-state index contributed by atoms with van der Waals surface area (Å²) >= 11 is 0. The Morgan fingerprint density at radius 2 is 1.85 bits per heavy atom. The quantitative estimate of drug-likeness (QED) is 0.859. The van der Waals surface area contributed by atoms with Crippen LogP contribution in [0.1, 0.15) is 12.5 Å². The van der Waals surface area contributed by atoms with Crippen LogP contribution < -0.4 is 15.4 Å². The normalized spacial score (nSPS) is 16.1. The number of fused-ring (bicyclic) bond motifs is 1. The minimum absolute atomic E-state index is 0.0789. The van der Waals surface area contributed by atoms with Gasteiger partial charge in [-0.15, -0.1) is 0 Å². The summed E-state index contributed by atoms with van der Waals surface area (Å²) in [5.74, 6) is -0.152. The molecule has 0 aromatic heterocycles. The van der Waals surface area contributed by atoms with E-state index in [9.17, 15) is 9.59 Å². The number of para-hydroxylation sites is 2. The number of likely N-dealkylation sites (N-methyl/N-ethyl adjacent to an activating group) is 1. The van der Waals surface area contributed by atoms with E-state index in [2.05, 4.69) is 4.90 Å². The summed E-state index contributed by atoms with van der Waals surface area (Å²) in [6.07, 6.45) is -0.835. The molecule has 1 atom stereocenters. The molecule has 0 spiro atoms. The molecule has 1 aliphatic heterocycles. The molecule has 3 rings (SSSR count). The number of amides is 2. The first-order valence-corrected chi connectivity index (χ1v) is 8.70. The number of anilines is 1. The number of ether oxygens (including phenoxy) is 1. The van der Waals surface area contributed by atoms with Gasteiger partial charge in [0.2, 0.25) is 5.91 Å². The average Bonchev–Trinajstić information content (AvgIpc) is 2.67. The monoisotopic (exact) mass is 353 g/mol. The molecule has 0 saturated heterocycles. The molecule has 26 heavy (non-hydrogen) atoms. The number of rotatable bonds is 6. The first-order valence-electron chi connectivity index (χ1n) is 8.70. The predicted molar refractivity (Wildman–Crippen MR) is 99.8 cm³/mol. The van der Waals surface area contributed by atoms with Gasteiger partial charge >= 0.3 is 0 Å². The summed E-state index contributed by atoms with van der Waals surface area (Å²) in [6.45, 7) is 3.84. The van der Waals surface area contributed by atoms with Crippen molar-refractivity contribution >= 4 is 17.5 Å². The van der Waals surface area contributed by atoms with Crippen molar-refractivity contribution in [2.45, 2.75) is 19.6 Å². The lowest BCUT2D eigenvalue weighted by atomic mass is 10.1. The van der Waals surface area contributed by atoms with Gasteiger partial charge in [-0.1, -0.05) is 49.4 Å². The van der Waals surface area contributed by atoms with Crippen LogP contribution in [0, 0.1) is 0 Å². The van der Waals surface area contributed by atoms with Gasteiger partial charge < -0.3 is 15.4 Å². The minimum Gasteiger partial charge on any atom is -0.477 e. The molecule has 0 aliphatic carbocycles. The molecule has 0 saturated carbocycles. The lowest BCUT2D eigenvalue weighted by Gasteiger charge is -2.34. The Bertz CT molecular complexity index is 779. The maximum atomic E-state index is 13.0. The summed E-state index contributed by atoms with van der Waals surface area (Å²) in [5.41, 5.74) is 7.23. The third-order valence-corrected chi connectivity index (χ3v) is 4.45. The van der Waals surface area contributed by atoms with Gasteiger partial charge in [0.05, 0.1) is 18.8 Å². The summed E-state index contributed by atoms with van der Waals surface area (Å²) in [6, 6.07) is 17.2. The number of hydrogen-bond acceptors (Lipinski definition) is 4. The molecule has 2 N–H and O–H groups in total. The minimum atomic E-state index is -0.835. The Hall–Kier alpha value is -2.86. The highest BCUT2D eigenvalue weighted by Gasteiger charge is 2.32. The second-order valence-electron chi connectivity index (χ2n) is 6.27.